The lowest BCUT2D eigenvalue weighted by molar-refractivity contribution is -0.151. The number of phosphoric ester groups is 1. The van der Waals surface area contributed by atoms with Crippen molar-refractivity contribution in [2.45, 2.75) is 55.7 Å². The van der Waals surface area contributed by atoms with Gasteiger partial charge in [-0.05, 0) is 49.8 Å². The second-order valence-electron chi connectivity index (χ2n) is 11.3. The Bertz CT molecular complexity index is 1320. The molecule has 0 saturated heterocycles. The van der Waals surface area contributed by atoms with Crippen LogP contribution in [0.4, 0.5) is 0 Å². The van der Waals surface area contributed by atoms with E-state index in [9.17, 15) is 33.7 Å². The van der Waals surface area contributed by atoms with Crippen LogP contribution in [0, 0.1) is 0 Å². The van der Waals surface area contributed by atoms with Crippen molar-refractivity contribution >= 4 is 31.7 Å². The van der Waals surface area contributed by atoms with Gasteiger partial charge in [0.15, 0.2) is 0 Å². The van der Waals surface area contributed by atoms with Gasteiger partial charge in [-0.2, -0.15) is 0 Å². The monoisotopic (exact) mass is 678 g/mol. The number of hydrogen-bond acceptors (Lipinski definition) is 9. The van der Waals surface area contributed by atoms with E-state index in [1.807, 2.05) is 36.4 Å². The van der Waals surface area contributed by atoms with Gasteiger partial charge in [-0.3, -0.25) is 28.9 Å². The van der Waals surface area contributed by atoms with E-state index in [0.717, 1.165) is 11.1 Å². The summed E-state index contributed by atoms with van der Waals surface area (Å²) in [5.74, 6) is -5.66. The molecule has 1 aliphatic rings. The van der Waals surface area contributed by atoms with Gasteiger partial charge in [-0.25, -0.2) is 19.5 Å². The summed E-state index contributed by atoms with van der Waals surface area (Å²) in [4.78, 5) is 56.7. The normalized spacial score (nSPS) is 16.8. The predicted octanol–water partition coefficient (Wildman–Crippen LogP) is 2.01. The van der Waals surface area contributed by atoms with Gasteiger partial charge in [0.25, 0.3) is 0 Å². The van der Waals surface area contributed by atoms with Crippen LogP contribution in [0.3, 0.4) is 0 Å². The summed E-state index contributed by atoms with van der Waals surface area (Å²) in [5, 5.41) is 42.8. The molecule has 0 amide bonds. The second-order valence-corrected chi connectivity index (χ2v) is 12.7. The number of carboxylic acid groups (broad SMARTS) is 4. The maximum atomic E-state index is 13.0. The first-order chi connectivity index (χ1) is 22.3. The van der Waals surface area contributed by atoms with E-state index in [-0.39, 0.29) is 31.5 Å². The molecule has 0 heterocycles. The Balaban J connectivity index is 1.60. The third-order valence-electron chi connectivity index (χ3n) is 7.96. The molecule has 3 rings (SSSR count). The number of rotatable bonds is 21. The number of phosphoric acid groups is 1. The number of aliphatic carboxylic acids is 4. The van der Waals surface area contributed by atoms with Crippen LogP contribution in [0.1, 0.15) is 43.2 Å². The maximum absolute atomic E-state index is 13.0. The molecule has 6 N–H and O–H groups in total. The van der Waals surface area contributed by atoms with E-state index in [0.29, 0.717) is 25.7 Å². The van der Waals surface area contributed by atoms with Gasteiger partial charge < -0.3 is 25.3 Å². The number of hydrogen-bond donors (Lipinski definition) is 6. The zero-order valence-electron chi connectivity index (χ0n) is 25.7. The summed E-state index contributed by atoms with van der Waals surface area (Å²) in [7, 11) is -4.64. The average molecular weight is 679 g/mol. The molecule has 257 valence electrons. The Morgan fingerprint density at radius 2 is 1.47 bits per heavy atom. The summed E-state index contributed by atoms with van der Waals surface area (Å²) in [6.07, 6.45) is 1.79. The zero-order chi connectivity index (χ0) is 34.5. The molecule has 2 aromatic carbocycles. The van der Waals surface area contributed by atoms with Crippen molar-refractivity contribution in [3.05, 3.63) is 71.8 Å². The molecule has 1 radical (unpaired) electrons. The summed E-state index contributed by atoms with van der Waals surface area (Å²) < 4.78 is 23.8. The molecule has 0 spiro atoms. The number of carbonyl (C=O) groups is 4. The summed E-state index contributed by atoms with van der Waals surface area (Å²) in [5.41, 5.74) is 1.98. The lowest BCUT2D eigenvalue weighted by Gasteiger charge is -2.41. The third-order valence-corrected chi connectivity index (χ3v) is 9.00. The minimum atomic E-state index is -4.64. The Kier molecular flexibility index (Phi) is 14.5. The van der Waals surface area contributed by atoms with Gasteiger partial charge in [0.05, 0.1) is 25.3 Å². The molecule has 1 fully saturated rings. The molecule has 0 bridgehead atoms. The molecule has 2 atom stereocenters. The van der Waals surface area contributed by atoms with Crippen molar-refractivity contribution in [2.75, 3.05) is 39.3 Å². The van der Waals surface area contributed by atoms with E-state index >= 15 is 0 Å². The minimum absolute atomic E-state index is 0.0320. The van der Waals surface area contributed by atoms with Crippen molar-refractivity contribution in [3.8, 4) is 0 Å². The fourth-order valence-corrected chi connectivity index (χ4v) is 6.78. The van der Waals surface area contributed by atoms with Gasteiger partial charge in [0.2, 0.25) is 6.04 Å². The smallest absolute Gasteiger partial charge is 0.472 e. The van der Waals surface area contributed by atoms with Crippen LogP contribution in [-0.4, -0.2) is 112 Å². The largest absolute Gasteiger partial charge is 0.480 e. The SMILES string of the molecule is O=C(O)C[N]C(COP(=O)(O)OC1CCC(c2ccccc2)(c2ccccc2)CC1)CN(CCCNC(C(=O)O)C(=O)O)CC(=O)O. The molecule has 1 saturated carbocycles. The Morgan fingerprint density at radius 1 is 0.915 bits per heavy atom. The fraction of sp³-hybridized carbons (Fsp3) is 0.484. The van der Waals surface area contributed by atoms with E-state index in [1.54, 1.807) is 0 Å². The van der Waals surface area contributed by atoms with Crippen LogP contribution in [0.25, 0.3) is 0 Å². The number of nitrogens with one attached hydrogen (secondary N) is 1. The molecular formula is C31H41N3O12P. The van der Waals surface area contributed by atoms with Gasteiger partial charge in [-0.1, -0.05) is 60.7 Å². The van der Waals surface area contributed by atoms with Gasteiger partial charge in [0, 0.05) is 18.5 Å². The van der Waals surface area contributed by atoms with Crippen LogP contribution in [0.15, 0.2) is 60.7 Å². The first kappa shape index (κ1) is 37.8. The molecule has 47 heavy (non-hydrogen) atoms. The van der Waals surface area contributed by atoms with Crippen LogP contribution >= 0.6 is 7.82 Å². The highest BCUT2D eigenvalue weighted by Crippen LogP contribution is 2.51. The molecule has 2 unspecified atom stereocenters. The van der Waals surface area contributed by atoms with Crippen molar-refractivity contribution < 1.29 is 58.1 Å². The summed E-state index contributed by atoms with van der Waals surface area (Å²) in [6, 6.07) is 17.2. The maximum Gasteiger partial charge on any atom is 0.472 e. The molecular weight excluding hydrogens is 637 g/mol. The van der Waals surface area contributed by atoms with Crippen LogP contribution in [0.5, 0.6) is 0 Å². The van der Waals surface area contributed by atoms with Crippen molar-refractivity contribution in [1.29, 1.82) is 0 Å². The van der Waals surface area contributed by atoms with Crippen LogP contribution in [-0.2, 0) is 38.2 Å². The fourth-order valence-electron chi connectivity index (χ4n) is 5.77. The molecule has 16 heteroatoms. The van der Waals surface area contributed by atoms with E-state index in [1.165, 1.54) is 4.90 Å². The van der Waals surface area contributed by atoms with E-state index in [2.05, 4.69) is 34.9 Å². The van der Waals surface area contributed by atoms with Gasteiger partial charge in [0.1, 0.15) is 6.54 Å². The highest BCUT2D eigenvalue weighted by atomic mass is 31.2. The number of benzene rings is 2. The Labute approximate surface area is 272 Å². The predicted molar refractivity (Wildman–Crippen MR) is 167 cm³/mol. The zero-order valence-corrected chi connectivity index (χ0v) is 26.6. The van der Waals surface area contributed by atoms with E-state index < -0.39 is 69.6 Å². The minimum Gasteiger partial charge on any atom is -0.480 e. The lowest BCUT2D eigenvalue weighted by Crippen LogP contribution is -2.46. The first-order valence-electron chi connectivity index (χ1n) is 15.1. The number of nitrogens with zero attached hydrogens (tertiary/aromatic N) is 2. The first-order valence-corrected chi connectivity index (χ1v) is 16.6. The second kappa shape index (κ2) is 18.0. The average Bonchev–Trinajstić information content (AvgIpc) is 3.02. The Morgan fingerprint density at radius 3 is 1.96 bits per heavy atom. The van der Waals surface area contributed by atoms with Gasteiger partial charge in [-0.15, -0.1) is 0 Å². The summed E-state index contributed by atoms with van der Waals surface area (Å²) >= 11 is 0. The highest BCUT2D eigenvalue weighted by molar-refractivity contribution is 7.47. The molecule has 0 aromatic heterocycles. The van der Waals surface area contributed by atoms with E-state index in [4.69, 9.17) is 24.4 Å². The Hall–Kier alpha value is -3.69. The number of carboxylic acids is 4. The van der Waals surface area contributed by atoms with Crippen molar-refractivity contribution in [3.63, 3.8) is 0 Å². The molecule has 2 aromatic rings. The highest BCUT2D eigenvalue weighted by Gasteiger charge is 2.41. The topological polar surface area (TPSA) is 234 Å². The summed E-state index contributed by atoms with van der Waals surface area (Å²) in [6.45, 7) is -1.95. The van der Waals surface area contributed by atoms with Crippen molar-refractivity contribution in [1.82, 2.24) is 15.5 Å². The van der Waals surface area contributed by atoms with Crippen LogP contribution in [0.2, 0.25) is 0 Å². The van der Waals surface area contributed by atoms with Crippen molar-refractivity contribution in [2.24, 2.45) is 0 Å². The molecule has 0 aliphatic heterocycles. The molecule has 15 nitrogen and oxygen atoms in total. The van der Waals surface area contributed by atoms with Crippen LogP contribution < -0.4 is 10.6 Å². The standard InChI is InChI=1S/C31H41N3O12P/c35-26(36)18-33-24(19-34(20-27(37)38)17-7-16-32-28(29(39)40)30(41)42)21-45-47(43,44)46-25-12-14-31(15-13-25,22-8-3-1-4-9-22)23-10-5-2-6-11-23/h1-6,8-11,24-25,28,32H,7,12-21H2,(H,35,36)(H,37,38)(H,39,40)(H,41,42)(H,43,44). The third kappa shape index (κ3) is 12.1. The lowest BCUT2D eigenvalue weighted by atomic mass is 9.65. The quantitative estimate of drug-likeness (QED) is 0.0630. The van der Waals surface area contributed by atoms with Gasteiger partial charge >= 0.3 is 31.7 Å². The molecule has 1 aliphatic carbocycles.